The number of rotatable bonds is 7. The molecule has 2 aromatic carbocycles. The molecular formula is C16H13F6N3O5S2. The van der Waals surface area contributed by atoms with E-state index in [0.29, 0.717) is 12.1 Å². The third kappa shape index (κ3) is 5.12. The lowest BCUT2D eigenvalue weighted by Gasteiger charge is -2.14. The molecule has 176 valence electrons. The van der Waals surface area contributed by atoms with Crippen LogP contribution in [0.3, 0.4) is 0 Å². The molecule has 0 aliphatic rings. The maximum atomic E-state index is 13.3. The Kier molecular flexibility index (Phi) is 7.08. The maximum absolute atomic E-state index is 13.3. The van der Waals surface area contributed by atoms with Crippen LogP contribution in [0.15, 0.2) is 62.7 Å². The standard InChI is InChI=1S/C16H13F6N3O5S2/c17-15(18,19)31(28,11-4-2-1-3-5-11)24-9-8-23-13-7-6-12(10-14(13)25(26)27)32(29,30)16(20,21)22/h1-7,10,23H,8-9H2. The summed E-state index contributed by atoms with van der Waals surface area (Å²) in [5.74, 6) is 0. The van der Waals surface area contributed by atoms with Crippen molar-refractivity contribution in [3.05, 3.63) is 58.6 Å². The average Bonchev–Trinajstić information content (AvgIpc) is 2.69. The molecule has 0 saturated carbocycles. The second-order valence-electron chi connectivity index (χ2n) is 5.95. The van der Waals surface area contributed by atoms with Gasteiger partial charge in [0.1, 0.15) is 5.69 Å². The minimum absolute atomic E-state index is 0.172. The molecule has 2 rings (SSSR count). The Morgan fingerprint density at radius 3 is 2.00 bits per heavy atom. The molecule has 16 heteroatoms. The normalized spacial score (nSPS) is 14.4. The van der Waals surface area contributed by atoms with Gasteiger partial charge in [0, 0.05) is 12.6 Å². The lowest BCUT2D eigenvalue weighted by molar-refractivity contribution is -0.384. The van der Waals surface area contributed by atoms with Crippen LogP contribution >= 0.6 is 0 Å². The zero-order valence-corrected chi connectivity index (χ0v) is 17.2. The molecule has 0 spiro atoms. The molecule has 0 aliphatic carbocycles. The zero-order chi connectivity index (χ0) is 24.4. The van der Waals surface area contributed by atoms with Crippen LogP contribution in [0, 0.1) is 10.1 Å². The van der Waals surface area contributed by atoms with Gasteiger partial charge in [-0.1, -0.05) is 18.2 Å². The number of nitro benzene ring substituents is 1. The first kappa shape index (κ1) is 25.4. The Morgan fingerprint density at radius 2 is 1.50 bits per heavy atom. The minimum atomic E-state index is -5.85. The number of benzene rings is 2. The molecule has 0 heterocycles. The van der Waals surface area contributed by atoms with E-state index in [1.54, 1.807) is 0 Å². The zero-order valence-electron chi connectivity index (χ0n) is 15.6. The van der Waals surface area contributed by atoms with Gasteiger partial charge in [-0.3, -0.25) is 10.1 Å². The fourth-order valence-corrected chi connectivity index (χ4v) is 4.58. The van der Waals surface area contributed by atoms with E-state index in [2.05, 4.69) is 9.68 Å². The molecule has 32 heavy (non-hydrogen) atoms. The second-order valence-corrected chi connectivity index (χ2v) is 10.1. The van der Waals surface area contributed by atoms with E-state index in [9.17, 15) is 49.1 Å². The van der Waals surface area contributed by atoms with Gasteiger partial charge in [-0.05, 0) is 24.3 Å². The third-order valence-electron chi connectivity index (χ3n) is 3.86. The highest BCUT2D eigenvalue weighted by molar-refractivity contribution is 7.94. The van der Waals surface area contributed by atoms with Crippen molar-refractivity contribution >= 4 is 30.9 Å². The van der Waals surface area contributed by atoms with Crippen LogP contribution in [-0.4, -0.2) is 41.7 Å². The van der Waals surface area contributed by atoms with Gasteiger partial charge in [-0.2, -0.15) is 26.3 Å². The Hall–Kier alpha value is -2.88. The summed E-state index contributed by atoms with van der Waals surface area (Å²) in [5, 5.41) is 13.4. The summed E-state index contributed by atoms with van der Waals surface area (Å²) in [6.45, 7) is -1.26. The Bertz CT molecular complexity index is 1220. The Balaban J connectivity index is 2.31. The fourth-order valence-electron chi connectivity index (χ4n) is 2.36. The lowest BCUT2D eigenvalue weighted by atomic mass is 10.2. The molecule has 2 aromatic rings. The first-order chi connectivity index (χ1) is 14.6. The average molecular weight is 505 g/mol. The summed E-state index contributed by atoms with van der Waals surface area (Å²) >= 11 is 0. The van der Waals surface area contributed by atoms with Gasteiger partial charge < -0.3 is 5.32 Å². The van der Waals surface area contributed by atoms with Crippen LogP contribution in [-0.2, 0) is 19.6 Å². The van der Waals surface area contributed by atoms with Crippen LogP contribution < -0.4 is 5.32 Å². The largest absolute Gasteiger partial charge is 0.501 e. The number of nitrogens with zero attached hydrogens (tertiary/aromatic N) is 2. The Labute approximate surface area is 177 Å². The smallest absolute Gasteiger partial charge is 0.378 e. The first-order valence-corrected chi connectivity index (χ1v) is 11.3. The van der Waals surface area contributed by atoms with E-state index >= 15 is 0 Å². The number of hydrogen-bond donors (Lipinski definition) is 1. The van der Waals surface area contributed by atoms with Crippen molar-refractivity contribution in [1.82, 2.24) is 0 Å². The van der Waals surface area contributed by atoms with E-state index in [-0.39, 0.29) is 6.07 Å². The van der Waals surface area contributed by atoms with Crippen LogP contribution in [0.1, 0.15) is 0 Å². The monoisotopic (exact) mass is 505 g/mol. The van der Waals surface area contributed by atoms with E-state index < -0.39 is 69.8 Å². The van der Waals surface area contributed by atoms with E-state index in [4.69, 9.17) is 0 Å². The molecule has 0 aromatic heterocycles. The molecule has 0 radical (unpaired) electrons. The molecule has 0 bridgehead atoms. The highest BCUT2D eigenvalue weighted by Gasteiger charge is 2.47. The number of nitrogens with one attached hydrogen (secondary N) is 1. The SMILES string of the molecule is O=[N+]([O-])c1cc(S(=O)(=O)C(F)(F)F)ccc1NCCN=S(=O)(c1ccccc1)C(F)(F)F. The number of sulfone groups is 1. The molecule has 0 fully saturated rings. The highest BCUT2D eigenvalue weighted by Crippen LogP contribution is 2.35. The predicted molar refractivity (Wildman–Crippen MR) is 101 cm³/mol. The van der Waals surface area contributed by atoms with Gasteiger partial charge in [0.15, 0.2) is 9.73 Å². The highest BCUT2D eigenvalue weighted by atomic mass is 32.2. The van der Waals surface area contributed by atoms with E-state index in [1.807, 2.05) is 0 Å². The number of nitro groups is 1. The maximum Gasteiger partial charge on any atom is 0.501 e. The molecule has 1 atom stereocenters. The molecule has 1 N–H and O–H groups in total. The topological polar surface area (TPSA) is 119 Å². The predicted octanol–water partition coefficient (Wildman–Crippen LogP) is 4.35. The van der Waals surface area contributed by atoms with E-state index in [1.165, 1.54) is 18.2 Å². The van der Waals surface area contributed by atoms with Gasteiger partial charge in [-0.25, -0.2) is 17.0 Å². The van der Waals surface area contributed by atoms with Crippen molar-refractivity contribution in [2.24, 2.45) is 4.36 Å². The fraction of sp³-hybridized carbons (Fsp3) is 0.250. The summed E-state index contributed by atoms with van der Waals surface area (Å²) < 4.78 is 116. The van der Waals surface area contributed by atoms with Crippen LogP contribution in [0.25, 0.3) is 0 Å². The second kappa shape index (κ2) is 8.93. The molecule has 0 amide bonds. The number of alkyl halides is 6. The van der Waals surface area contributed by atoms with E-state index in [0.717, 1.165) is 12.1 Å². The summed E-state index contributed by atoms with van der Waals surface area (Å²) in [6.07, 6.45) is 0. The molecule has 8 nitrogen and oxygen atoms in total. The summed E-state index contributed by atoms with van der Waals surface area (Å²) in [4.78, 5) is 7.99. The minimum Gasteiger partial charge on any atom is -0.378 e. The van der Waals surface area contributed by atoms with Gasteiger partial charge in [0.25, 0.3) is 15.5 Å². The van der Waals surface area contributed by atoms with Crippen molar-refractivity contribution in [3.8, 4) is 0 Å². The van der Waals surface area contributed by atoms with Gasteiger partial charge in [0.05, 0.1) is 21.3 Å². The summed E-state index contributed by atoms with van der Waals surface area (Å²) in [7, 11) is -10.7. The molecular weight excluding hydrogens is 492 g/mol. The number of anilines is 1. The van der Waals surface area contributed by atoms with Gasteiger partial charge in [0.2, 0.25) is 0 Å². The summed E-state index contributed by atoms with van der Waals surface area (Å²) in [6, 6.07) is 7.10. The van der Waals surface area contributed by atoms with Crippen molar-refractivity contribution in [1.29, 1.82) is 0 Å². The van der Waals surface area contributed by atoms with Crippen LogP contribution in [0.2, 0.25) is 0 Å². The van der Waals surface area contributed by atoms with Crippen LogP contribution in [0.5, 0.6) is 0 Å². The Morgan fingerprint density at radius 1 is 0.906 bits per heavy atom. The molecule has 0 aliphatic heterocycles. The van der Waals surface area contributed by atoms with Gasteiger partial charge >= 0.3 is 11.0 Å². The van der Waals surface area contributed by atoms with Gasteiger partial charge in [-0.15, -0.1) is 0 Å². The van der Waals surface area contributed by atoms with Crippen LogP contribution in [0.4, 0.5) is 37.7 Å². The number of halogens is 6. The molecule has 1 unspecified atom stereocenters. The first-order valence-electron chi connectivity index (χ1n) is 8.29. The van der Waals surface area contributed by atoms with Crippen molar-refractivity contribution in [2.75, 3.05) is 18.4 Å². The summed E-state index contributed by atoms with van der Waals surface area (Å²) in [5.41, 5.74) is -12.4. The number of hydrogen-bond acceptors (Lipinski definition) is 7. The lowest BCUT2D eigenvalue weighted by Crippen LogP contribution is -2.24. The third-order valence-corrected chi connectivity index (χ3v) is 7.43. The quantitative estimate of drug-likeness (QED) is 0.259. The molecule has 0 saturated heterocycles. The van der Waals surface area contributed by atoms with Crippen molar-refractivity contribution in [2.45, 2.75) is 20.8 Å². The van der Waals surface area contributed by atoms with Crippen molar-refractivity contribution < 1.29 is 43.9 Å². The van der Waals surface area contributed by atoms with Crippen molar-refractivity contribution in [3.63, 3.8) is 0 Å².